The third-order valence-electron chi connectivity index (χ3n) is 3.39. The van der Waals surface area contributed by atoms with E-state index < -0.39 is 0 Å². The number of carbonyl (C=O) groups excluding carboxylic acids is 1. The highest BCUT2D eigenvalue weighted by atomic mass is 16.1. The number of hydrogen-bond acceptors (Lipinski definition) is 1. The fraction of sp³-hybridized carbons (Fsp3) is 0.353. The van der Waals surface area contributed by atoms with Crippen LogP contribution in [0.2, 0.25) is 0 Å². The average molecular weight is 268 g/mol. The van der Waals surface area contributed by atoms with Gasteiger partial charge in [-0.05, 0) is 12.5 Å². The maximum atomic E-state index is 12.1. The van der Waals surface area contributed by atoms with Gasteiger partial charge in [-0.25, -0.2) is 0 Å². The van der Waals surface area contributed by atoms with Crippen LogP contribution in [0.15, 0.2) is 30.5 Å². The van der Waals surface area contributed by atoms with Crippen LogP contribution >= 0.6 is 0 Å². The van der Waals surface area contributed by atoms with Gasteiger partial charge in [-0.15, -0.1) is 6.42 Å². The van der Waals surface area contributed by atoms with Crippen LogP contribution in [-0.2, 0) is 6.54 Å². The van der Waals surface area contributed by atoms with Crippen molar-refractivity contribution in [3.63, 3.8) is 0 Å². The van der Waals surface area contributed by atoms with Gasteiger partial charge < -0.3 is 9.88 Å². The lowest BCUT2D eigenvalue weighted by Gasteiger charge is -2.03. The number of aromatic nitrogens is 1. The summed E-state index contributed by atoms with van der Waals surface area (Å²) in [6, 6.07) is 7.99. The van der Waals surface area contributed by atoms with E-state index >= 15 is 0 Å². The molecular formula is C17H20N2O. The number of amides is 1. The Morgan fingerprint density at radius 2 is 2.15 bits per heavy atom. The molecule has 1 amide bonds. The molecule has 0 aliphatic carbocycles. The van der Waals surface area contributed by atoms with Crippen molar-refractivity contribution in [2.24, 2.45) is 0 Å². The summed E-state index contributed by atoms with van der Waals surface area (Å²) in [6.07, 6.45) is 10.6. The molecule has 0 saturated carbocycles. The van der Waals surface area contributed by atoms with Crippen LogP contribution in [0.1, 0.15) is 36.5 Å². The Morgan fingerprint density at radius 3 is 2.90 bits per heavy atom. The SMILES string of the molecule is C#CCNC(=O)c1cn(CCCCC)c2ccccc12. The molecular weight excluding hydrogens is 248 g/mol. The molecule has 0 unspecified atom stereocenters. The molecule has 0 bridgehead atoms. The maximum Gasteiger partial charge on any atom is 0.254 e. The average Bonchev–Trinajstić information content (AvgIpc) is 2.84. The van der Waals surface area contributed by atoms with E-state index in [4.69, 9.17) is 6.42 Å². The molecule has 0 fully saturated rings. The number of benzene rings is 1. The van der Waals surface area contributed by atoms with Crippen LogP contribution in [-0.4, -0.2) is 17.0 Å². The lowest BCUT2D eigenvalue weighted by Crippen LogP contribution is -2.23. The minimum atomic E-state index is -0.103. The number of fused-ring (bicyclic) bond motifs is 1. The quantitative estimate of drug-likeness (QED) is 0.633. The molecule has 2 aromatic rings. The summed E-state index contributed by atoms with van der Waals surface area (Å²) in [5.74, 6) is 2.32. The summed E-state index contributed by atoms with van der Waals surface area (Å²) in [6.45, 7) is 3.39. The van der Waals surface area contributed by atoms with E-state index in [-0.39, 0.29) is 12.5 Å². The molecule has 104 valence electrons. The van der Waals surface area contributed by atoms with Gasteiger partial charge in [-0.3, -0.25) is 4.79 Å². The van der Waals surface area contributed by atoms with Crippen molar-refractivity contribution in [2.75, 3.05) is 6.54 Å². The van der Waals surface area contributed by atoms with E-state index in [2.05, 4.69) is 28.8 Å². The maximum absolute atomic E-state index is 12.1. The number of nitrogens with one attached hydrogen (secondary N) is 1. The summed E-state index contributed by atoms with van der Waals surface area (Å²) >= 11 is 0. The van der Waals surface area contributed by atoms with E-state index in [0.29, 0.717) is 5.56 Å². The third kappa shape index (κ3) is 3.03. The van der Waals surface area contributed by atoms with Crippen LogP contribution in [0.5, 0.6) is 0 Å². The number of aryl methyl sites for hydroxylation is 1. The van der Waals surface area contributed by atoms with Crippen LogP contribution in [0, 0.1) is 12.3 Å². The number of rotatable bonds is 6. The number of carbonyl (C=O) groups is 1. The zero-order valence-electron chi connectivity index (χ0n) is 11.9. The number of unbranched alkanes of at least 4 members (excludes halogenated alkanes) is 2. The Morgan fingerprint density at radius 1 is 1.35 bits per heavy atom. The smallest absolute Gasteiger partial charge is 0.254 e. The van der Waals surface area contributed by atoms with Gasteiger partial charge >= 0.3 is 0 Å². The van der Waals surface area contributed by atoms with E-state index in [1.54, 1.807) is 0 Å². The van der Waals surface area contributed by atoms with Gasteiger partial charge in [0.1, 0.15) is 0 Å². The highest BCUT2D eigenvalue weighted by Crippen LogP contribution is 2.22. The van der Waals surface area contributed by atoms with Crippen molar-refractivity contribution >= 4 is 16.8 Å². The fourth-order valence-corrected chi connectivity index (χ4v) is 2.37. The van der Waals surface area contributed by atoms with Gasteiger partial charge in [0.05, 0.1) is 12.1 Å². The molecule has 0 saturated heterocycles. The summed E-state index contributed by atoms with van der Waals surface area (Å²) < 4.78 is 2.16. The van der Waals surface area contributed by atoms with Crippen LogP contribution in [0.3, 0.4) is 0 Å². The van der Waals surface area contributed by atoms with E-state index in [1.165, 1.54) is 12.8 Å². The highest BCUT2D eigenvalue weighted by Gasteiger charge is 2.13. The van der Waals surface area contributed by atoms with Crippen molar-refractivity contribution in [2.45, 2.75) is 32.7 Å². The number of para-hydroxylation sites is 1. The molecule has 1 aromatic heterocycles. The summed E-state index contributed by atoms with van der Waals surface area (Å²) in [5, 5.41) is 3.72. The van der Waals surface area contributed by atoms with Crippen LogP contribution in [0.25, 0.3) is 10.9 Å². The van der Waals surface area contributed by atoms with Crippen LogP contribution < -0.4 is 5.32 Å². The second kappa shape index (κ2) is 6.81. The van der Waals surface area contributed by atoms with E-state index in [9.17, 15) is 4.79 Å². The first-order valence-corrected chi connectivity index (χ1v) is 7.07. The Balaban J connectivity index is 2.30. The molecule has 0 aliphatic heterocycles. The van der Waals surface area contributed by atoms with Crippen molar-refractivity contribution in [3.8, 4) is 12.3 Å². The highest BCUT2D eigenvalue weighted by molar-refractivity contribution is 6.07. The second-order valence-electron chi connectivity index (χ2n) is 4.85. The predicted octanol–water partition coefficient (Wildman–Crippen LogP) is 3.19. The van der Waals surface area contributed by atoms with Crippen molar-refractivity contribution in [1.82, 2.24) is 9.88 Å². The Bertz CT molecular complexity index is 634. The van der Waals surface area contributed by atoms with E-state index in [1.807, 2.05) is 24.4 Å². The Kier molecular flexibility index (Phi) is 4.84. The third-order valence-corrected chi connectivity index (χ3v) is 3.39. The standard InChI is InChI=1S/C17H20N2O/c1-3-5-8-12-19-13-15(17(20)18-11-4-2)14-9-6-7-10-16(14)19/h2,6-7,9-10,13H,3,5,8,11-12H2,1H3,(H,18,20). The largest absolute Gasteiger partial charge is 0.347 e. The molecule has 0 atom stereocenters. The second-order valence-corrected chi connectivity index (χ2v) is 4.85. The number of nitrogens with zero attached hydrogens (tertiary/aromatic N) is 1. The van der Waals surface area contributed by atoms with Gasteiger partial charge in [-0.1, -0.05) is 43.9 Å². The molecule has 1 N–H and O–H groups in total. The lowest BCUT2D eigenvalue weighted by molar-refractivity contribution is 0.0960. The Hall–Kier alpha value is -2.21. The van der Waals surface area contributed by atoms with E-state index in [0.717, 1.165) is 23.9 Å². The van der Waals surface area contributed by atoms with Crippen LogP contribution in [0.4, 0.5) is 0 Å². The first-order chi connectivity index (χ1) is 9.77. The van der Waals surface area contributed by atoms with Gasteiger partial charge in [0, 0.05) is 23.6 Å². The molecule has 1 aromatic carbocycles. The molecule has 3 nitrogen and oxygen atoms in total. The molecule has 0 radical (unpaired) electrons. The summed E-state index contributed by atoms with van der Waals surface area (Å²) in [7, 11) is 0. The van der Waals surface area contributed by atoms with Gasteiger partial charge in [0.25, 0.3) is 5.91 Å². The fourth-order valence-electron chi connectivity index (χ4n) is 2.37. The summed E-state index contributed by atoms with van der Waals surface area (Å²) in [5.41, 5.74) is 1.81. The minimum absolute atomic E-state index is 0.103. The topological polar surface area (TPSA) is 34.0 Å². The lowest BCUT2D eigenvalue weighted by atomic mass is 10.1. The van der Waals surface area contributed by atoms with Crippen molar-refractivity contribution < 1.29 is 4.79 Å². The molecule has 20 heavy (non-hydrogen) atoms. The van der Waals surface area contributed by atoms with Crippen molar-refractivity contribution in [3.05, 3.63) is 36.0 Å². The first kappa shape index (κ1) is 14.2. The molecule has 2 rings (SSSR count). The van der Waals surface area contributed by atoms with Gasteiger partial charge in [0.15, 0.2) is 0 Å². The minimum Gasteiger partial charge on any atom is -0.347 e. The van der Waals surface area contributed by atoms with Gasteiger partial charge in [-0.2, -0.15) is 0 Å². The molecule has 1 heterocycles. The number of terminal acetylenes is 1. The molecule has 0 aliphatic rings. The van der Waals surface area contributed by atoms with Gasteiger partial charge in [0.2, 0.25) is 0 Å². The molecule has 3 heteroatoms. The number of hydrogen-bond donors (Lipinski definition) is 1. The predicted molar refractivity (Wildman–Crippen MR) is 82.6 cm³/mol. The summed E-state index contributed by atoms with van der Waals surface area (Å²) in [4.78, 5) is 12.1. The monoisotopic (exact) mass is 268 g/mol. The molecule has 0 spiro atoms. The van der Waals surface area contributed by atoms with Crippen molar-refractivity contribution in [1.29, 1.82) is 0 Å². The first-order valence-electron chi connectivity index (χ1n) is 7.07. The zero-order valence-corrected chi connectivity index (χ0v) is 11.9. The Labute approximate surface area is 120 Å². The normalized spacial score (nSPS) is 10.4. The zero-order chi connectivity index (χ0) is 14.4.